The molecular weight excluding hydrogens is 344 g/mol. The summed E-state index contributed by atoms with van der Waals surface area (Å²) in [6.45, 7) is 2.15. The van der Waals surface area contributed by atoms with Gasteiger partial charge >= 0.3 is 0 Å². The molecule has 0 bridgehead atoms. The third-order valence-electron chi connectivity index (χ3n) is 5.39. The van der Waals surface area contributed by atoms with Gasteiger partial charge in [0, 0.05) is 22.8 Å². The maximum Gasteiger partial charge on any atom is 0.129 e. The van der Waals surface area contributed by atoms with Gasteiger partial charge in [-0.25, -0.2) is 9.97 Å². The van der Waals surface area contributed by atoms with E-state index in [1.54, 1.807) is 0 Å². The molecule has 4 aromatic carbocycles. The van der Waals surface area contributed by atoms with Crippen LogP contribution >= 0.6 is 0 Å². The second-order valence-electron chi connectivity index (χ2n) is 7.13. The topological polar surface area (TPSA) is 46.0 Å². The van der Waals surface area contributed by atoms with Crippen LogP contribution in [0.25, 0.3) is 32.8 Å². The van der Waals surface area contributed by atoms with Crippen LogP contribution in [0, 0.1) is 0 Å². The van der Waals surface area contributed by atoms with Crippen molar-refractivity contribution < 1.29 is 5.11 Å². The van der Waals surface area contributed by atoms with E-state index >= 15 is 0 Å². The van der Waals surface area contributed by atoms with Crippen molar-refractivity contribution in [1.29, 1.82) is 0 Å². The average molecular weight is 364 g/mol. The molecule has 5 rings (SSSR count). The molecule has 0 spiro atoms. The number of aromatic nitrogens is 2. The van der Waals surface area contributed by atoms with E-state index in [0.717, 1.165) is 50.4 Å². The van der Waals surface area contributed by atoms with E-state index in [0.29, 0.717) is 12.2 Å². The van der Waals surface area contributed by atoms with Crippen LogP contribution in [0.2, 0.25) is 0 Å². The van der Waals surface area contributed by atoms with Gasteiger partial charge in [-0.1, -0.05) is 67.6 Å². The van der Waals surface area contributed by atoms with Crippen molar-refractivity contribution in [3.8, 4) is 5.75 Å². The maximum atomic E-state index is 11.1. The summed E-state index contributed by atoms with van der Waals surface area (Å²) in [5.74, 6) is 0.298. The quantitative estimate of drug-likeness (QED) is 0.325. The molecule has 1 heterocycles. The minimum absolute atomic E-state index is 0.298. The van der Waals surface area contributed by atoms with Gasteiger partial charge in [0.1, 0.15) is 5.75 Å². The van der Waals surface area contributed by atoms with Crippen molar-refractivity contribution in [1.82, 2.24) is 9.97 Å². The van der Waals surface area contributed by atoms with Crippen LogP contribution in [-0.2, 0) is 12.8 Å². The first-order chi connectivity index (χ1) is 13.7. The molecule has 0 unspecified atom stereocenters. The Morgan fingerprint density at radius 3 is 1.93 bits per heavy atom. The molecule has 0 saturated heterocycles. The molecule has 28 heavy (non-hydrogen) atoms. The lowest BCUT2D eigenvalue weighted by Gasteiger charge is -2.13. The summed E-state index contributed by atoms with van der Waals surface area (Å²) in [5, 5.41) is 12.9. The van der Waals surface area contributed by atoms with Crippen LogP contribution in [0.3, 0.4) is 0 Å². The minimum Gasteiger partial charge on any atom is -0.507 e. The summed E-state index contributed by atoms with van der Waals surface area (Å²) in [6.07, 6.45) is 1.63. The summed E-state index contributed by atoms with van der Waals surface area (Å²) in [5.41, 5.74) is 6.61. The molecule has 1 aromatic heterocycles. The molecule has 0 atom stereocenters. The predicted molar refractivity (Wildman–Crippen MR) is 115 cm³/mol. The first-order valence-corrected chi connectivity index (χ1v) is 9.61. The lowest BCUT2D eigenvalue weighted by molar-refractivity contribution is 0.477. The van der Waals surface area contributed by atoms with E-state index in [4.69, 9.17) is 9.97 Å². The summed E-state index contributed by atoms with van der Waals surface area (Å²) in [6, 6.07) is 24.3. The number of hydrogen-bond acceptors (Lipinski definition) is 3. The van der Waals surface area contributed by atoms with Crippen molar-refractivity contribution >= 4 is 32.8 Å². The highest BCUT2D eigenvalue weighted by molar-refractivity contribution is 6.10. The summed E-state index contributed by atoms with van der Waals surface area (Å²) >= 11 is 0. The van der Waals surface area contributed by atoms with Crippen molar-refractivity contribution in [2.24, 2.45) is 0 Å². The van der Waals surface area contributed by atoms with Gasteiger partial charge in [-0.05, 0) is 29.7 Å². The molecule has 5 aromatic rings. The number of aromatic hydroxyl groups is 1. The van der Waals surface area contributed by atoms with Crippen LogP contribution in [0.15, 0.2) is 72.8 Å². The molecule has 0 amide bonds. The highest BCUT2D eigenvalue weighted by atomic mass is 16.3. The highest BCUT2D eigenvalue weighted by Gasteiger charge is 2.17. The van der Waals surface area contributed by atoms with E-state index in [1.165, 1.54) is 5.56 Å². The SMILES string of the molecule is CCc1ccc(Cc2c(O)c3ccccc3c3nc4ccccc4nc23)cc1. The monoisotopic (exact) mass is 364 g/mol. The standard InChI is InChI=1S/C25H20N2O/c1-2-16-11-13-17(14-12-16)15-20-24-23(18-7-3-4-8-19(18)25(20)28)26-21-9-5-6-10-22(21)27-24/h3-14,28H,2,15H2,1H3. The maximum absolute atomic E-state index is 11.1. The molecule has 0 saturated carbocycles. The zero-order valence-electron chi connectivity index (χ0n) is 15.7. The first-order valence-electron chi connectivity index (χ1n) is 9.61. The van der Waals surface area contributed by atoms with Gasteiger partial charge in [0.2, 0.25) is 0 Å². The number of hydrogen-bond donors (Lipinski definition) is 1. The fourth-order valence-electron chi connectivity index (χ4n) is 3.83. The number of phenolic OH excluding ortho intramolecular Hbond substituents is 1. The number of para-hydroxylation sites is 2. The lowest BCUT2D eigenvalue weighted by atomic mass is 9.96. The Bertz CT molecular complexity index is 1320. The Hall–Kier alpha value is -3.46. The van der Waals surface area contributed by atoms with Gasteiger partial charge in [0.25, 0.3) is 0 Å². The fourth-order valence-corrected chi connectivity index (χ4v) is 3.83. The van der Waals surface area contributed by atoms with Gasteiger partial charge in [0.15, 0.2) is 0 Å². The number of rotatable bonds is 3. The molecule has 0 radical (unpaired) electrons. The van der Waals surface area contributed by atoms with Crippen LogP contribution in [0.1, 0.15) is 23.6 Å². The minimum atomic E-state index is 0.298. The van der Waals surface area contributed by atoms with Gasteiger partial charge in [-0.15, -0.1) is 0 Å². The van der Waals surface area contributed by atoms with Gasteiger partial charge in [-0.2, -0.15) is 0 Å². The molecule has 3 heteroatoms. The van der Waals surface area contributed by atoms with E-state index in [-0.39, 0.29) is 0 Å². The van der Waals surface area contributed by atoms with E-state index in [1.807, 2.05) is 48.5 Å². The number of phenols is 1. The Morgan fingerprint density at radius 1 is 0.679 bits per heavy atom. The largest absolute Gasteiger partial charge is 0.507 e. The molecule has 136 valence electrons. The third kappa shape index (κ3) is 2.67. The fraction of sp³-hybridized carbons (Fsp3) is 0.120. The molecule has 0 aliphatic carbocycles. The lowest BCUT2D eigenvalue weighted by Crippen LogP contribution is -1.97. The summed E-state index contributed by atoms with van der Waals surface area (Å²) in [4.78, 5) is 9.80. The molecule has 1 N–H and O–H groups in total. The normalized spacial score (nSPS) is 11.5. The molecule has 0 fully saturated rings. The molecule has 0 aliphatic heterocycles. The molecule has 3 nitrogen and oxygen atoms in total. The highest BCUT2D eigenvalue weighted by Crippen LogP contribution is 2.37. The Morgan fingerprint density at radius 2 is 1.25 bits per heavy atom. The van der Waals surface area contributed by atoms with E-state index < -0.39 is 0 Å². The Balaban J connectivity index is 1.81. The number of fused-ring (bicyclic) bond motifs is 4. The van der Waals surface area contributed by atoms with Crippen molar-refractivity contribution in [3.63, 3.8) is 0 Å². The first kappa shape index (κ1) is 16.7. The molecular formula is C25H20N2O. The van der Waals surface area contributed by atoms with Gasteiger partial charge in [0.05, 0.1) is 22.1 Å². The smallest absolute Gasteiger partial charge is 0.129 e. The third-order valence-corrected chi connectivity index (χ3v) is 5.39. The number of benzene rings is 4. The van der Waals surface area contributed by atoms with Crippen molar-refractivity contribution in [3.05, 3.63) is 89.5 Å². The summed E-state index contributed by atoms with van der Waals surface area (Å²) in [7, 11) is 0. The van der Waals surface area contributed by atoms with E-state index in [2.05, 4.69) is 31.2 Å². The number of nitrogens with zero attached hydrogens (tertiary/aromatic N) is 2. The second kappa shape index (κ2) is 6.61. The van der Waals surface area contributed by atoms with Crippen LogP contribution in [0.5, 0.6) is 5.75 Å². The summed E-state index contributed by atoms with van der Waals surface area (Å²) < 4.78 is 0. The predicted octanol–water partition coefficient (Wildman–Crippen LogP) is 5.80. The van der Waals surface area contributed by atoms with Crippen LogP contribution in [0.4, 0.5) is 0 Å². The Labute approximate surface area is 163 Å². The van der Waals surface area contributed by atoms with Crippen molar-refractivity contribution in [2.45, 2.75) is 19.8 Å². The second-order valence-corrected chi connectivity index (χ2v) is 7.13. The van der Waals surface area contributed by atoms with Crippen LogP contribution < -0.4 is 0 Å². The van der Waals surface area contributed by atoms with Gasteiger partial charge in [-0.3, -0.25) is 0 Å². The average Bonchev–Trinajstić information content (AvgIpc) is 2.76. The van der Waals surface area contributed by atoms with Crippen molar-refractivity contribution in [2.75, 3.05) is 0 Å². The van der Waals surface area contributed by atoms with Crippen LogP contribution in [-0.4, -0.2) is 15.1 Å². The van der Waals surface area contributed by atoms with E-state index in [9.17, 15) is 5.11 Å². The van der Waals surface area contributed by atoms with Gasteiger partial charge < -0.3 is 5.11 Å². The number of aryl methyl sites for hydroxylation is 1. The molecule has 0 aliphatic rings. The zero-order chi connectivity index (χ0) is 19.1. The zero-order valence-corrected chi connectivity index (χ0v) is 15.7. The Kier molecular flexibility index (Phi) is 3.94.